The third-order valence-corrected chi connectivity index (χ3v) is 4.79. The van der Waals surface area contributed by atoms with E-state index in [1.165, 1.54) is 14.2 Å². The lowest BCUT2D eigenvalue weighted by atomic mass is 9.88. The highest BCUT2D eigenvalue weighted by molar-refractivity contribution is 6.23. The number of ketones is 2. The second-order valence-electron chi connectivity index (χ2n) is 7.40. The van der Waals surface area contributed by atoms with Gasteiger partial charge in [-0.3, -0.25) is 14.4 Å². The largest absolute Gasteiger partial charge is 0.489 e. The van der Waals surface area contributed by atoms with Gasteiger partial charge in [-0.25, -0.2) is 0 Å². The van der Waals surface area contributed by atoms with Gasteiger partial charge >= 0.3 is 0 Å². The molecule has 1 aliphatic carbocycles. The average Bonchev–Trinajstić information content (AvgIpc) is 2.67. The van der Waals surface area contributed by atoms with Gasteiger partial charge in [0.1, 0.15) is 0 Å². The highest BCUT2D eigenvalue weighted by Crippen LogP contribution is 2.28. The van der Waals surface area contributed by atoms with E-state index in [0.717, 1.165) is 24.0 Å². The smallest absolute Gasteiger partial charge is 0.228 e. The number of hydrogen-bond acceptors (Lipinski definition) is 5. The monoisotopic (exact) mass is 399 g/mol. The van der Waals surface area contributed by atoms with Crippen molar-refractivity contribution in [1.82, 2.24) is 5.32 Å². The molecule has 0 bridgehead atoms. The Morgan fingerprint density at radius 3 is 2.28 bits per heavy atom. The van der Waals surface area contributed by atoms with Crippen molar-refractivity contribution in [3.05, 3.63) is 58.1 Å². The van der Waals surface area contributed by atoms with Gasteiger partial charge in [-0.2, -0.15) is 0 Å². The van der Waals surface area contributed by atoms with Crippen LogP contribution in [0.3, 0.4) is 0 Å². The van der Waals surface area contributed by atoms with E-state index in [1.807, 2.05) is 38.1 Å². The normalized spacial score (nSPS) is 14.6. The summed E-state index contributed by atoms with van der Waals surface area (Å²) in [5, 5.41) is 2.89. The van der Waals surface area contributed by atoms with Gasteiger partial charge < -0.3 is 14.8 Å². The van der Waals surface area contributed by atoms with E-state index >= 15 is 0 Å². The molecule has 2 rings (SSSR count). The molecule has 1 aromatic carbocycles. The van der Waals surface area contributed by atoms with Crippen LogP contribution in [0.4, 0.5) is 0 Å². The summed E-state index contributed by atoms with van der Waals surface area (Å²) in [6, 6.07) is 8.01. The lowest BCUT2D eigenvalue weighted by molar-refractivity contribution is -0.121. The number of amides is 1. The number of carbonyl (C=O) groups is 3. The number of aryl methyl sites for hydroxylation is 1. The number of allylic oxidation sites excluding steroid dienone is 2. The van der Waals surface area contributed by atoms with E-state index in [1.54, 1.807) is 6.92 Å². The Balaban J connectivity index is 2.10. The van der Waals surface area contributed by atoms with Gasteiger partial charge in [-0.15, -0.1) is 0 Å². The van der Waals surface area contributed by atoms with Crippen molar-refractivity contribution >= 4 is 17.5 Å². The Bertz CT molecular complexity index is 864. The SMILES string of the molecule is COC1=C(OC)C(=O)C(Cc2cccc(CCCC(=O)NC(C)C)c2)=C(C)C1=O. The maximum atomic E-state index is 12.8. The predicted octanol–water partition coefficient (Wildman–Crippen LogP) is 3.05. The number of benzene rings is 1. The molecule has 0 atom stereocenters. The number of carbonyl (C=O) groups excluding carboxylic acids is 3. The van der Waals surface area contributed by atoms with Crippen LogP contribution in [0.25, 0.3) is 0 Å². The highest BCUT2D eigenvalue weighted by Gasteiger charge is 2.34. The average molecular weight is 399 g/mol. The fourth-order valence-corrected chi connectivity index (χ4v) is 3.35. The molecule has 1 amide bonds. The maximum absolute atomic E-state index is 12.8. The van der Waals surface area contributed by atoms with Crippen molar-refractivity contribution in [1.29, 1.82) is 0 Å². The third-order valence-electron chi connectivity index (χ3n) is 4.79. The molecule has 0 saturated heterocycles. The van der Waals surface area contributed by atoms with Gasteiger partial charge in [0, 0.05) is 30.0 Å². The molecule has 0 aliphatic heterocycles. The van der Waals surface area contributed by atoms with Crippen molar-refractivity contribution in [3.63, 3.8) is 0 Å². The minimum Gasteiger partial charge on any atom is -0.489 e. The van der Waals surface area contributed by atoms with E-state index < -0.39 is 0 Å². The zero-order valence-corrected chi connectivity index (χ0v) is 17.8. The van der Waals surface area contributed by atoms with E-state index in [9.17, 15) is 14.4 Å². The van der Waals surface area contributed by atoms with Crippen molar-refractivity contribution in [2.75, 3.05) is 14.2 Å². The van der Waals surface area contributed by atoms with Gasteiger partial charge in [0.2, 0.25) is 29.0 Å². The number of rotatable bonds is 9. The molecular weight excluding hydrogens is 370 g/mol. The molecule has 1 aliphatic rings. The molecule has 29 heavy (non-hydrogen) atoms. The molecule has 0 spiro atoms. The lowest BCUT2D eigenvalue weighted by Crippen LogP contribution is -2.29. The Morgan fingerprint density at radius 1 is 1.03 bits per heavy atom. The zero-order chi connectivity index (χ0) is 21.6. The first-order chi connectivity index (χ1) is 13.8. The molecule has 0 fully saturated rings. The van der Waals surface area contributed by atoms with Crippen molar-refractivity contribution in [2.24, 2.45) is 0 Å². The number of Topliss-reactive ketones (excluding diaryl/α,β-unsaturated/α-hetero) is 2. The van der Waals surface area contributed by atoms with Crippen LogP contribution in [0.1, 0.15) is 44.7 Å². The first-order valence-corrected chi connectivity index (χ1v) is 9.77. The maximum Gasteiger partial charge on any atom is 0.228 e. The second-order valence-corrected chi connectivity index (χ2v) is 7.40. The summed E-state index contributed by atoms with van der Waals surface area (Å²) < 4.78 is 10.2. The summed E-state index contributed by atoms with van der Waals surface area (Å²) in [5.74, 6) is -0.697. The summed E-state index contributed by atoms with van der Waals surface area (Å²) in [7, 11) is 2.70. The Morgan fingerprint density at radius 2 is 1.66 bits per heavy atom. The molecule has 0 unspecified atom stereocenters. The van der Waals surface area contributed by atoms with E-state index in [4.69, 9.17) is 9.47 Å². The Kier molecular flexibility index (Phi) is 7.76. The van der Waals surface area contributed by atoms with E-state index in [0.29, 0.717) is 24.0 Å². The highest BCUT2D eigenvalue weighted by atomic mass is 16.5. The third kappa shape index (κ3) is 5.56. The number of ether oxygens (including phenoxy) is 2. The van der Waals surface area contributed by atoms with Gasteiger partial charge in [0.15, 0.2) is 0 Å². The molecule has 156 valence electrons. The summed E-state index contributed by atoms with van der Waals surface area (Å²) in [6.45, 7) is 5.52. The number of hydrogen-bond donors (Lipinski definition) is 1. The van der Waals surface area contributed by atoms with Crippen LogP contribution in [0.15, 0.2) is 46.9 Å². The molecule has 0 heterocycles. The van der Waals surface area contributed by atoms with E-state index in [2.05, 4.69) is 5.32 Å². The van der Waals surface area contributed by atoms with Gasteiger partial charge in [0.05, 0.1) is 14.2 Å². The molecule has 1 aromatic rings. The van der Waals surface area contributed by atoms with E-state index in [-0.39, 0.29) is 35.0 Å². The fraction of sp³-hybridized carbons (Fsp3) is 0.435. The van der Waals surface area contributed by atoms with Crippen LogP contribution in [-0.4, -0.2) is 37.7 Å². The minimum absolute atomic E-state index is 0.0489. The van der Waals surface area contributed by atoms with Gasteiger partial charge in [-0.05, 0) is 44.7 Å². The molecule has 6 heteroatoms. The molecule has 0 aromatic heterocycles. The second kappa shape index (κ2) is 10.0. The van der Waals surface area contributed by atoms with Crippen molar-refractivity contribution in [2.45, 2.75) is 52.5 Å². The number of methoxy groups -OCH3 is 2. The van der Waals surface area contributed by atoms with Gasteiger partial charge in [-0.1, -0.05) is 24.3 Å². The fourth-order valence-electron chi connectivity index (χ4n) is 3.35. The summed E-state index contributed by atoms with van der Waals surface area (Å²) in [6.07, 6.45) is 2.32. The predicted molar refractivity (Wildman–Crippen MR) is 110 cm³/mol. The zero-order valence-electron chi connectivity index (χ0n) is 17.8. The van der Waals surface area contributed by atoms with Crippen LogP contribution < -0.4 is 5.32 Å². The van der Waals surface area contributed by atoms with Crippen LogP contribution in [0, 0.1) is 0 Å². The van der Waals surface area contributed by atoms with Crippen LogP contribution in [-0.2, 0) is 36.7 Å². The minimum atomic E-state index is -0.328. The van der Waals surface area contributed by atoms with Crippen molar-refractivity contribution < 1.29 is 23.9 Å². The molecule has 6 nitrogen and oxygen atoms in total. The van der Waals surface area contributed by atoms with Crippen LogP contribution in [0.2, 0.25) is 0 Å². The molecule has 0 saturated carbocycles. The number of nitrogens with one attached hydrogen (secondary N) is 1. The summed E-state index contributed by atoms with van der Waals surface area (Å²) in [5.41, 5.74) is 2.82. The van der Waals surface area contributed by atoms with Crippen LogP contribution >= 0.6 is 0 Å². The topological polar surface area (TPSA) is 81.7 Å². The van der Waals surface area contributed by atoms with Gasteiger partial charge in [0.25, 0.3) is 0 Å². The Labute approximate surface area is 172 Å². The molecular formula is C23H29NO5. The first kappa shape index (κ1) is 22.4. The standard InChI is InChI=1S/C23H29NO5/c1-14(2)24-19(25)11-7-9-16-8-6-10-17(12-16)13-18-15(3)20(26)22(28-4)23(29-5)21(18)27/h6,8,10,12,14H,7,9,11,13H2,1-5H3,(H,24,25). The van der Waals surface area contributed by atoms with Crippen molar-refractivity contribution in [3.8, 4) is 0 Å². The Hall–Kier alpha value is -2.89. The summed E-state index contributed by atoms with van der Waals surface area (Å²) >= 11 is 0. The quantitative estimate of drug-likeness (QED) is 0.646. The lowest BCUT2D eigenvalue weighted by Gasteiger charge is -2.20. The van der Waals surface area contributed by atoms with Crippen LogP contribution in [0.5, 0.6) is 0 Å². The molecule has 0 radical (unpaired) electrons. The summed E-state index contributed by atoms with van der Waals surface area (Å²) in [4.78, 5) is 37.1. The first-order valence-electron chi connectivity index (χ1n) is 9.77. The molecule has 1 N–H and O–H groups in total.